The number of hydrogen-bond donors (Lipinski definition) is 1. The number of methoxy groups -OCH3 is 1. The van der Waals surface area contributed by atoms with E-state index in [0.29, 0.717) is 6.61 Å². The predicted octanol–water partition coefficient (Wildman–Crippen LogP) is 2.56. The Hall–Kier alpha value is -0.670. The molecule has 0 aliphatic rings. The van der Waals surface area contributed by atoms with Gasteiger partial charge in [-0.2, -0.15) is 0 Å². The molecule has 1 aromatic rings. The summed E-state index contributed by atoms with van der Waals surface area (Å²) < 4.78 is 5.13. The predicted molar refractivity (Wildman–Crippen MR) is 60.0 cm³/mol. The van der Waals surface area contributed by atoms with Crippen molar-refractivity contribution in [2.45, 2.75) is 17.7 Å². The molecule has 2 nitrogen and oxygen atoms in total. The van der Waals surface area contributed by atoms with Gasteiger partial charge in [-0.3, -0.25) is 0 Å². The van der Waals surface area contributed by atoms with Gasteiger partial charge < -0.3 is 9.84 Å². The van der Waals surface area contributed by atoms with Crippen molar-refractivity contribution < 1.29 is 9.84 Å². The normalized spacial score (nSPS) is 10.1. The highest BCUT2D eigenvalue weighted by Gasteiger charge is 1.96. The van der Waals surface area contributed by atoms with E-state index in [-0.39, 0.29) is 0 Å². The second kappa shape index (κ2) is 6.74. The van der Waals surface area contributed by atoms with Crippen LogP contribution in [0.1, 0.15) is 12.8 Å². The van der Waals surface area contributed by atoms with E-state index in [4.69, 9.17) is 9.84 Å². The number of unbranched alkanes of at least 4 members (excludes halogenated alkanes) is 1. The molecule has 14 heavy (non-hydrogen) atoms. The van der Waals surface area contributed by atoms with Crippen molar-refractivity contribution in [2.75, 3.05) is 19.5 Å². The van der Waals surface area contributed by atoms with Gasteiger partial charge in [-0.25, -0.2) is 0 Å². The number of aliphatic hydroxyl groups excluding tert-OH is 1. The van der Waals surface area contributed by atoms with E-state index < -0.39 is 0 Å². The standard InChI is InChI=1S/C11H16O2S/c1-13-10-5-4-6-11(9-10)14-8-3-2-7-12/h4-6,9,12H,2-3,7-8H2,1H3. The molecule has 3 heteroatoms. The maximum Gasteiger partial charge on any atom is 0.119 e. The van der Waals surface area contributed by atoms with E-state index in [2.05, 4.69) is 6.07 Å². The van der Waals surface area contributed by atoms with Crippen LogP contribution >= 0.6 is 11.8 Å². The molecule has 78 valence electrons. The first kappa shape index (κ1) is 11.4. The van der Waals surface area contributed by atoms with Crippen LogP contribution in [0.2, 0.25) is 0 Å². The fourth-order valence-electron chi connectivity index (χ4n) is 1.09. The summed E-state index contributed by atoms with van der Waals surface area (Å²) >= 11 is 1.80. The quantitative estimate of drug-likeness (QED) is 0.580. The van der Waals surface area contributed by atoms with E-state index in [1.807, 2.05) is 18.2 Å². The zero-order valence-electron chi connectivity index (χ0n) is 8.40. The van der Waals surface area contributed by atoms with Crippen LogP contribution in [0.5, 0.6) is 5.75 Å². The van der Waals surface area contributed by atoms with Gasteiger partial charge in [0.15, 0.2) is 0 Å². The molecule has 0 amide bonds. The Morgan fingerprint density at radius 2 is 2.21 bits per heavy atom. The van der Waals surface area contributed by atoms with E-state index in [9.17, 15) is 0 Å². The van der Waals surface area contributed by atoms with Crippen LogP contribution in [-0.2, 0) is 0 Å². The molecule has 0 radical (unpaired) electrons. The summed E-state index contributed by atoms with van der Waals surface area (Å²) in [5.41, 5.74) is 0. The first-order valence-electron chi connectivity index (χ1n) is 4.74. The van der Waals surface area contributed by atoms with Crippen molar-refractivity contribution in [1.82, 2.24) is 0 Å². The topological polar surface area (TPSA) is 29.5 Å². The highest BCUT2D eigenvalue weighted by atomic mass is 32.2. The highest BCUT2D eigenvalue weighted by molar-refractivity contribution is 7.99. The van der Waals surface area contributed by atoms with Crippen LogP contribution < -0.4 is 4.74 Å². The number of rotatable bonds is 6. The number of hydrogen-bond acceptors (Lipinski definition) is 3. The minimum atomic E-state index is 0.290. The molecule has 0 saturated carbocycles. The van der Waals surface area contributed by atoms with Crippen molar-refractivity contribution in [3.8, 4) is 5.75 Å². The summed E-state index contributed by atoms with van der Waals surface area (Å²) in [7, 11) is 1.68. The fraction of sp³-hybridized carbons (Fsp3) is 0.455. The molecule has 0 saturated heterocycles. The molecule has 0 aliphatic heterocycles. The third kappa shape index (κ3) is 4.03. The molecule has 0 fully saturated rings. The van der Waals surface area contributed by atoms with Crippen molar-refractivity contribution in [1.29, 1.82) is 0 Å². The summed E-state index contributed by atoms with van der Waals surface area (Å²) in [5.74, 6) is 1.95. The smallest absolute Gasteiger partial charge is 0.119 e. The minimum absolute atomic E-state index is 0.290. The zero-order valence-corrected chi connectivity index (χ0v) is 9.22. The van der Waals surface area contributed by atoms with Gasteiger partial charge in [-0.05, 0) is 36.8 Å². The molecular weight excluding hydrogens is 196 g/mol. The molecule has 0 spiro atoms. The molecular formula is C11H16O2S. The van der Waals surface area contributed by atoms with Crippen LogP contribution in [0.3, 0.4) is 0 Å². The van der Waals surface area contributed by atoms with Gasteiger partial charge in [-0.1, -0.05) is 6.07 Å². The Balaban J connectivity index is 2.34. The summed E-state index contributed by atoms with van der Waals surface area (Å²) in [4.78, 5) is 1.22. The lowest BCUT2D eigenvalue weighted by Crippen LogP contribution is -1.86. The number of thioether (sulfide) groups is 1. The number of ether oxygens (including phenoxy) is 1. The van der Waals surface area contributed by atoms with E-state index in [1.54, 1.807) is 18.9 Å². The van der Waals surface area contributed by atoms with Gasteiger partial charge in [0.05, 0.1) is 7.11 Å². The molecule has 1 aromatic carbocycles. The van der Waals surface area contributed by atoms with Gasteiger partial charge >= 0.3 is 0 Å². The Morgan fingerprint density at radius 3 is 2.93 bits per heavy atom. The monoisotopic (exact) mass is 212 g/mol. The highest BCUT2D eigenvalue weighted by Crippen LogP contribution is 2.23. The molecule has 1 rings (SSSR count). The first-order valence-corrected chi connectivity index (χ1v) is 5.73. The number of benzene rings is 1. The van der Waals surface area contributed by atoms with E-state index in [1.165, 1.54) is 4.90 Å². The zero-order chi connectivity index (χ0) is 10.2. The Morgan fingerprint density at radius 1 is 1.36 bits per heavy atom. The van der Waals surface area contributed by atoms with Gasteiger partial charge in [-0.15, -0.1) is 11.8 Å². The average molecular weight is 212 g/mol. The second-order valence-corrected chi connectivity index (χ2v) is 4.13. The summed E-state index contributed by atoms with van der Waals surface area (Å²) in [6, 6.07) is 8.04. The van der Waals surface area contributed by atoms with E-state index in [0.717, 1.165) is 24.3 Å². The summed E-state index contributed by atoms with van der Waals surface area (Å²) in [6.45, 7) is 0.290. The van der Waals surface area contributed by atoms with Crippen LogP contribution in [0.15, 0.2) is 29.2 Å². The van der Waals surface area contributed by atoms with Crippen molar-refractivity contribution in [2.24, 2.45) is 0 Å². The summed E-state index contributed by atoms with van der Waals surface area (Å²) in [6.07, 6.45) is 1.94. The molecule has 0 heterocycles. The largest absolute Gasteiger partial charge is 0.497 e. The first-order chi connectivity index (χ1) is 6.86. The molecule has 0 atom stereocenters. The maximum atomic E-state index is 8.62. The average Bonchev–Trinajstić information content (AvgIpc) is 2.25. The van der Waals surface area contributed by atoms with Crippen LogP contribution in [-0.4, -0.2) is 24.6 Å². The Labute approximate surface area is 89.3 Å². The number of aliphatic hydroxyl groups is 1. The van der Waals surface area contributed by atoms with Crippen molar-refractivity contribution >= 4 is 11.8 Å². The SMILES string of the molecule is COc1cccc(SCCCCO)c1. The van der Waals surface area contributed by atoms with Gasteiger partial charge in [0.1, 0.15) is 5.75 Å². The lowest BCUT2D eigenvalue weighted by atomic mass is 10.3. The van der Waals surface area contributed by atoms with E-state index >= 15 is 0 Å². The second-order valence-electron chi connectivity index (χ2n) is 2.96. The summed E-state index contributed by atoms with van der Waals surface area (Å²) in [5, 5.41) is 8.62. The van der Waals surface area contributed by atoms with Crippen LogP contribution in [0.25, 0.3) is 0 Å². The van der Waals surface area contributed by atoms with Gasteiger partial charge in [0, 0.05) is 11.5 Å². The third-order valence-electron chi connectivity index (χ3n) is 1.86. The van der Waals surface area contributed by atoms with Crippen molar-refractivity contribution in [3.05, 3.63) is 24.3 Å². The molecule has 0 aromatic heterocycles. The molecule has 0 aliphatic carbocycles. The lowest BCUT2D eigenvalue weighted by Gasteiger charge is -2.03. The molecule has 0 bridgehead atoms. The van der Waals surface area contributed by atoms with Crippen LogP contribution in [0.4, 0.5) is 0 Å². The van der Waals surface area contributed by atoms with Crippen molar-refractivity contribution in [3.63, 3.8) is 0 Å². The lowest BCUT2D eigenvalue weighted by molar-refractivity contribution is 0.287. The third-order valence-corrected chi connectivity index (χ3v) is 2.94. The molecule has 0 unspecified atom stereocenters. The Bertz CT molecular complexity index is 263. The minimum Gasteiger partial charge on any atom is -0.497 e. The Kier molecular flexibility index (Phi) is 5.49. The van der Waals surface area contributed by atoms with Gasteiger partial charge in [0.25, 0.3) is 0 Å². The molecule has 1 N–H and O–H groups in total. The maximum absolute atomic E-state index is 8.62. The van der Waals surface area contributed by atoms with Crippen LogP contribution in [0, 0.1) is 0 Å². The fourth-order valence-corrected chi connectivity index (χ4v) is 2.05. The van der Waals surface area contributed by atoms with Gasteiger partial charge in [0.2, 0.25) is 0 Å².